The van der Waals surface area contributed by atoms with Gasteiger partial charge in [0.15, 0.2) is 4.83 Å². The molecule has 0 aromatic carbocycles. The third-order valence-corrected chi connectivity index (χ3v) is 5.63. The number of alkyl halides is 1. The first kappa shape index (κ1) is 16.5. The van der Waals surface area contributed by atoms with Gasteiger partial charge < -0.3 is 10.4 Å². The average molecular weight is 371 g/mol. The topological polar surface area (TPSA) is 57.6 Å². The van der Waals surface area contributed by atoms with Crippen LogP contribution in [0.5, 0.6) is 5.88 Å². The number of ketones is 1. The van der Waals surface area contributed by atoms with Crippen LogP contribution in [0, 0.1) is 0 Å². The second kappa shape index (κ2) is 7.07. The smallest absolute Gasteiger partial charge is 0.335 e. The van der Waals surface area contributed by atoms with E-state index in [1.54, 1.807) is 26.9 Å². The van der Waals surface area contributed by atoms with Crippen LogP contribution in [0.25, 0.3) is 5.65 Å². The van der Waals surface area contributed by atoms with Gasteiger partial charge in [0.1, 0.15) is 6.54 Å². The fourth-order valence-electron chi connectivity index (χ4n) is 2.46. The summed E-state index contributed by atoms with van der Waals surface area (Å²) in [4.78, 5) is 13.3. The summed E-state index contributed by atoms with van der Waals surface area (Å²) < 4.78 is 3.49. The number of carbonyl (C=O) groups is 1. The van der Waals surface area contributed by atoms with Crippen LogP contribution in [0.4, 0.5) is 0 Å². The van der Waals surface area contributed by atoms with E-state index < -0.39 is 0 Å². The van der Waals surface area contributed by atoms with Gasteiger partial charge >= 0.3 is 5.88 Å². The zero-order chi connectivity index (χ0) is 16.4. The summed E-state index contributed by atoms with van der Waals surface area (Å²) in [6.45, 7) is 2.47. The molecule has 23 heavy (non-hydrogen) atoms. The van der Waals surface area contributed by atoms with Crippen molar-refractivity contribution in [1.82, 2.24) is 9.72 Å². The molecule has 0 aliphatic carbocycles. The number of imidazole rings is 1. The zero-order valence-electron chi connectivity index (χ0n) is 12.5. The van der Waals surface area contributed by atoms with E-state index >= 15 is 0 Å². The standard InChI is InChI=1S/C15H16ClN3O2S2/c1-2-22-9-11(20)13-14(21)19(8-10-7-17-15(16)23-10)12-5-3-4-6-18(12)13/h3-7,15,17H,2,8-9H2,1H3/p+1. The number of hydrogen-bond donors (Lipinski definition) is 2. The van der Waals surface area contributed by atoms with Crippen molar-refractivity contribution in [1.29, 1.82) is 0 Å². The van der Waals surface area contributed by atoms with Crippen LogP contribution in [-0.4, -0.2) is 31.6 Å². The molecule has 0 saturated heterocycles. The molecule has 2 aromatic rings. The van der Waals surface area contributed by atoms with E-state index in [4.69, 9.17) is 11.6 Å². The number of nitrogens with one attached hydrogen (secondary N) is 1. The van der Waals surface area contributed by atoms with Crippen LogP contribution < -0.4 is 9.88 Å². The first-order valence-electron chi connectivity index (χ1n) is 7.20. The highest BCUT2D eigenvalue weighted by molar-refractivity contribution is 8.04. The van der Waals surface area contributed by atoms with Gasteiger partial charge in [0, 0.05) is 17.2 Å². The first-order chi connectivity index (χ1) is 11.1. The lowest BCUT2D eigenvalue weighted by Crippen LogP contribution is -2.33. The summed E-state index contributed by atoms with van der Waals surface area (Å²) in [6, 6.07) is 5.62. The maximum Gasteiger partial charge on any atom is 0.335 e. The maximum atomic E-state index is 12.5. The molecule has 0 saturated carbocycles. The minimum absolute atomic E-state index is 0.00238. The summed E-state index contributed by atoms with van der Waals surface area (Å²) in [6.07, 6.45) is 3.64. The fourth-order valence-corrected chi connectivity index (χ4v) is 4.14. The van der Waals surface area contributed by atoms with Gasteiger partial charge in [0.05, 0.1) is 11.9 Å². The highest BCUT2D eigenvalue weighted by atomic mass is 35.5. The molecule has 2 aromatic heterocycles. The Balaban J connectivity index is 2.01. The number of rotatable bonds is 6. The van der Waals surface area contributed by atoms with E-state index in [0.29, 0.717) is 18.0 Å². The summed E-state index contributed by atoms with van der Waals surface area (Å²) in [5.74, 6) is 1.14. The Morgan fingerprint density at radius 3 is 3.09 bits per heavy atom. The van der Waals surface area contributed by atoms with Crippen molar-refractivity contribution in [2.45, 2.75) is 18.3 Å². The van der Waals surface area contributed by atoms with Gasteiger partial charge in [-0.15, -0.1) is 0 Å². The van der Waals surface area contributed by atoms with Crippen molar-refractivity contribution in [3.8, 4) is 5.88 Å². The van der Waals surface area contributed by atoms with E-state index in [1.165, 1.54) is 11.8 Å². The van der Waals surface area contributed by atoms with Crippen molar-refractivity contribution < 1.29 is 14.5 Å². The Bertz CT molecular complexity index is 775. The highest BCUT2D eigenvalue weighted by Crippen LogP contribution is 2.29. The fraction of sp³-hybridized carbons (Fsp3) is 0.333. The van der Waals surface area contributed by atoms with E-state index in [1.807, 2.05) is 31.3 Å². The molecule has 8 heteroatoms. The number of pyridine rings is 1. The number of allylic oxidation sites excluding steroid dienone is 1. The zero-order valence-corrected chi connectivity index (χ0v) is 14.9. The van der Waals surface area contributed by atoms with E-state index in [0.717, 1.165) is 16.3 Å². The number of carbonyl (C=O) groups excluding carboxylic acids is 1. The van der Waals surface area contributed by atoms with E-state index in [2.05, 4.69) is 5.32 Å². The van der Waals surface area contributed by atoms with Crippen LogP contribution in [-0.2, 0) is 6.54 Å². The average Bonchev–Trinajstić information content (AvgIpc) is 3.07. The van der Waals surface area contributed by atoms with Crippen molar-refractivity contribution in [2.24, 2.45) is 0 Å². The van der Waals surface area contributed by atoms with Gasteiger partial charge in [-0.1, -0.05) is 36.4 Å². The van der Waals surface area contributed by atoms with Gasteiger partial charge in [0.25, 0.3) is 11.3 Å². The molecule has 1 atom stereocenters. The number of halogens is 1. The molecule has 2 N–H and O–H groups in total. The maximum absolute atomic E-state index is 12.5. The second-order valence-corrected chi connectivity index (χ2v) is 8.16. The number of Topliss-reactive ketones (excluding diaryl/α,β-unsaturated/α-hetero) is 1. The number of nitrogens with zero attached hydrogens (tertiary/aromatic N) is 2. The summed E-state index contributed by atoms with van der Waals surface area (Å²) >= 11 is 9.05. The van der Waals surface area contributed by atoms with E-state index in [9.17, 15) is 9.90 Å². The highest BCUT2D eigenvalue weighted by Gasteiger charge is 2.31. The normalized spacial score (nSPS) is 17.3. The monoisotopic (exact) mass is 370 g/mol. The lowest BCUT2D eigenvalue weighted by molar-refractivity contribution is -0.667. The second-order valence-electron chi connectivity index (χ2n) is 4.96. The summed E-state index contributed by atoms with van der Waals surface area (Å²) in [5.41, 5.74) is 1.11. The van der Waals surface area contributed by atoms with Gasteiger partial charge in [-0.2, -0.15) is 20.7 Å². The Labute approximate surface area is 147 Å². The van der Waals surface area contributed by atoms with E-state index in [-0.39, 0.29) is 16.5 Å². The Morgan fingerprint density at radius 1 is 1.57 bits per heavy atom. The molecular weight excluding hydrogens is 354 g/mol. The van der Waals surface area contributed by atoms with Crippen molar-refractivity contribution in [3.63, 3.8) is 0 Å². The number of fused-ring (bicyclic) bond motifs is 1. The van der Waals surface area contributed by atoms with Crippen molar-refractivity contribution in [3.05, 3.63) is 41.2 Å². The molecule has 1 aliphatic heterocycles. The van der Waals surface area contributed by atoms with Gasteiger partial charge in [-0.25, -0.2) is 0 Å². The number of aromatic hydroxyl groups is 1. The molecule has 0 amide bonds. The number of thioether (sulfide) groups is 2. The molecule has 0 fully saturated rings. The summed E-state index contributed by atoms with van der Waals surface area (Å²) in [7, 11) is 0. The molecule has 0 bridgehead atoms. The number of aromatic nitrogens is 2. The quantitative estimate of drug-likeness (QED) is 0.354. The van der Waals surface area contributed by atoms with Crippen LogP contribution in [0.3, 0.4) is 0 Å². The molecule has 0 spiro atoms. The molecule has 1 aliphatic rings. The van der Waals surface area contributed by atoms with Gasteiger partial charge in [-0.3, -0.25) is 4.79 Å². The Hall–Kier alpha value is -1.31. The first-order valence-corrected chi connectivity index (χ1v) is 9.67. The van der Waals surface area contributed by atoms with Crippen LogP contribution in [0.1, 0.15) is 17.4 Å². The third kappa shape index (κ3) is 3.32. The molecule has 5 nitrogen and oxygen atoms in total. The molecule has 3 heterocycles. The minimum atomic E-state index is -0.191. The van der Waals surface area contributed by atoms with Crippen LogP contribution >= 0.6 is 35.1 Å². The lowest BCUT2D eigenvalue weighted by atomic mass is 10.3. The summed E-state index contributed by atoms with van der Waals surface area (Å²) in [5, 5.41) is 13.6. The van der Waals surface area contributed by atoms with Gasteiger partial charge in [-0.05, 0) is 11.8 Å². The van der Waals surface area contributed by atoms with Crippen molar-refractivity contribution >= 4 is 46.6 Å². The molecular formula is C15H17ClN3O2S2+. The SMILES string of the molecule is CCSCC(=O)c1c(O)[n+](CC2=CNC(Cl)S2)c2ccccn12. The van der Waals surface area contributed by atoms with Crippen LogP contribution in [0.15, 0.2) is 35.5 Å². The molecule has 3 rings (SSSR count). The van der Waals surface area contributed by atoms with Crippen molar-refractivity contribution in [2.75, 3.05) is 11.5 Å². The minimum Gasteiger partial charge on any atom is -0.475 e. The lowest BCUT2D eigenvalue weighted by Gasteiger charge is -2.00. The third-order valence-electron chi connectivity index (χ3n) is 3.47. The Morgan fingerprint density at radius 2 is 2.39 bits per heavy atom. The predicted molar refractivity (Wildman–Crippen MR) is 95.0 cm³/mol. The largest absolute Gasteiger partial charge is 0.475 e. The molecule has 0 radical (unpaired) electrons. The Kier molecular flexibility index (Phi) is 5.08. The number of hydrogen-bond acceptors (Lipinski definition) is 5. The molecule has 122 valence electrons. The molecule has 1 unspecified atom stereocenters. The predicted octanol–water partition coefficient (Wildman–Crippen LogP) is 2.57. The van der Waals surface area contributed by atoms with Crippen LogP contribution in [0.2, 0.25) is 0 Å². The van der Waals surface area contributed by atoms with Gasteiger partial charge in [0.2, 0.25) is 5.78 Å².